The molecule has 0 saturated heterocycles. The van der Waals surface area contributed by atoms with Gasteiger partial charge in [-0.25, -0.2) is 0 Å². The Morgan fingerprint density at radius 2 is 1.94 bits per heavy atom. The number of para-hydroxylation sites is 1. The number of carbonyl (C=O) groups is 1. The highest BCUT2D eigenvalue weighted by molar-refractivity contribution is 9.10. The third kappa shape index (κ3) is 3.25. The average Bonchev–Trinajstić information content (AvgIpc) is 2.38. The van der Waals surface area contributed by atoms with Gasteiger partial charge >= 0.3 is 0 Å². The van der Waals surface area contributed by atoms with Gasteiger partial charge in [0, 0.05) is 10.2 Å². The molecule has 1 aromatic rings. The fraction of sp³-hybridized carbons (Fsp3) is 0.500. The van der Waals surface area contributed by atoms with E-state index >= 15 is 0 Å². The summed E-state index contributed by atoms with van der Waals surface area (Å²) in [4.78, 5) is 11.7. The summed E-state index contributed by atoms with van der Waals surface area (Å²) >= 11 is 3.48. The molecule has 1 atom stereocenters. The van der Waals surface area contributed by atoms with E-state index in [2.05, 4.69) is 21.2 Å². The fourth-order valence-electron chi connectivity index (χ4n) is 2.63. The highest BCUT2D eigenvalue weighted by atomic mass is 79.9. The topological polar surface area (TPSA) is 55.1 Å². The first kappa shape index (κ1) is 13.4. The van der Waals surface area contributed by atoms with Gasteiger partial charge in [0.15, 0.2) is 0 Å². The molecule has 4 heteroatoms. The van der Waals surface area contributed by atoms with Gasteiger partial charge in [0.05, 0.1) is 0 Å². The second-order valence-corrected chi connectivity index (χ2v) is 5.76. The monoisotopic (exact) mass is 310 g/mol. The van der Waals surface area contributed by atoms with E-state index in [1.54, 1.807) is 0 Å². The number of nitrogens with one attached hydrogen (secondary N) is 1. The van der Waals surface area contributed by atoms with Gasteiger partial charge in [-0.3, -0.25) is 4.79 Å². The summed E-state index contributed by atoms with van der Waals surface area (Å²) in [6.07, 6.45) is 5.85. The number of benzene rings is 1. The SMILES string of the molecule is NC(=O)C(Nc1ccccc1Br)C1CCCCC1. The number of carbonyl (C=O) groups excluding carboxylic acids is 1. The van der Waals surface area contributed by atoms with E-state index in [0.29, 0.717) is 5.92 Å². The molecular weight excluding hydrogens is 292 g/mol. The predicted octanol–water partition coefficient (Wildman–Crippen LogP) is 3.30. The van der Waals surface area contributed by atoms with Gasteiger partial charge in [-0.2, -0.15) is 0 Å². The van der Waals surface area contributed by atoms with Crippen molar-refractivity contribution in [3.05, 3.63) is 28.7 Å². The van der Waals surface area contributed by atoms with Crippen LogP contribution in [0.15, 0.2) is 28.7 Å². The van der Waals surface area contributed by atoms with Crippen molar-refractivity contribution < 1.29 is 4.79 Å². The number of halogens is 1. The Morgan fingerprint density at radius 3 is 2.56 bits per heavy atom. The van der Waals surface area contributed by atoms with Crippen LogP contribution >= 0.6 is 15.9 Å². The lowest BCUT2D eigenvalue weighted by molar-refractivity contribution is -0.120. The van der Waals surface area contributed by atoms with Gasteiger partial charge in [-0.1, -0.05) is 31.4 Å². The molecule has 1 saturated carbocycles. The van der Waals surface area contributed by atoms with E-state index in [0.717, 1.165) is 23.0 Å². The van der Waals surface area contributed by atoms with Crippen LogP contribution in [-0.2, 0) is 4.79 Å². The van der Waals surface area contributed by atoms with Crippen LogP contribution < -0.4 is 11.1 Å². The van der Waals surface area contributed by atoms with Gasteiger partial charge in [-0.05, 0) is 46.8 Å². The Balaban J connectivity index is 2.11. The first-order valence-electron chi connectivity index (χ1n) is 6.49. The molecule has 0 aromatic heterocycles. The molecule has 0 aliphatic heterocycles. The van der Waals surface area contributed by atoms with E-state index in [1.807, 2.05) is 24.3 Å². The third-order valence-electron chi connectivity index (χ3n) is 3.61. The number of hydrogen-bond acceptors (Lipinski definition) is 2. The molecule has 0 heterocycles. The average molecular weight is 311 g/mol. The van der Waals surface area contributed by atoms with E-state index < -0.39 is 0 Å². The second-order valence-electron chi connectivity index (χ2n) is 4.90. The molecule has 0 spiro atoms. The maximum Gasteiger partial charge on any atom is 0.240 e. The number of anilines is 1. The molecule has 98 valence electrons. The summed E-state index contributed by atoms with van der Waals surface area (Å²) in [5.74, 6) is 0.112. The highest BCUT2D eigenvalue weighted by Gasteiger charge is 2.28. The molecule has 0 bridgehead atoms. The van der Waals surface area contributed by atoms with Crippen molar-refractivity contribution in [3.8, 4) is 0 Å². The molecule has 1 amide bonds. The zero-order valence-electron chi connectivity index (χ0n) is 10.4. The van der Waals surface area contributed by atoms with Gasteiger partial charge in [0.2, 0.25) is 5.91 Å². The summed E-state index contributed by atoms with van der Waals surface area (Å²) in [6.45, 7) is 0. The minimum atomic E-state index is -0.260. The molecule has 1 fully saturated rings. The lowest BCUT2D eigenvalue weighted by Crippen LogP contribution is -2.42. The van der Waals surface area contributed by atoms with Crippen LogP contribution in [-0.4, -0.2) is 11.9 Å². The zero-order chi connectivity index (χ0) is 13.0. The Morgan fingerprint density at radius 1 is 1.28 bits per heavy atom. The van der Waals surface area contributed by atoms with Crippen molar-refractivity contribution in [1.82, 2.24) is 0 Å². The molecule has 1 aromatic carbocycles. The molecule has 2 rings (SSSR count). The molecule has 0 radical (unpaired) electrons. The third-order valence-corrected chi connectivity index (χ3v) is 4.30. The molecule has 1 aliphatic rings. The molecular formula is C14H19BrN2O. The Bertz CT molecular complexity index is 416. The number of amides is 1. The molecule has 1 aliphatic carbocycles. The van der Waals surface area contributed by atoms with Crippen LogP contribution in [0.4, 0.5) is 5.69 Å². The number of primary amides is 1. The van der Waals surface area contributed by atoms with Crippen molar-refractivity contribution in [3.63, 3.8) is 0 Å². The minimum Gasteiger partial charge on any atom is -0.373 e. The lowest BCUT2D eigenvalue weighted by Gasteiger charge is -2.29. The highest BCUT2D eigenvalue weighted by Crippen LogP contribution is 2.30. The predicted molar refractivity (Wildman–Crippen MR) is 77.3 cm³/mol. The van der Waals surface area contributed by atoms with Crippen molar-refractivity contribution in [2.45, 2.75) is 38.1 Å². The van der Waals surface area contributed by atoms with Crippen LogP contribution in [0, 0.1) is 5.92 Å². The van der Waals surface area contributed by atoms with Gasteiger partial charge in [-0.15, -0.1) is 0 Å². The van der Waals surface area contributed by atoms with E-state index in [1.165, 1.54) is 19.3 Å². The number of hydrogen-bond donors (Lipinski definition) is 2. The number of rotatable bonds is 4. The smallest absolute Gasteiger partial charge is 0.240 e. The lowest BCUT2D eigenvalue weighted by atomic mass is 9.83. The first-order chi connectivity index (χ1) is 8.68. The van der Waals surface area contributed by atoms with Crippen molar-refractivity contribution in [2.75, 3.05) is 5.32 Å². The van der Waals surface area contributed by atoms with Gasteiger partial charge in [0.1, 0.15) is 6.04 Å². The van der Waals surface area contributed by atoms with Crippen LogP contribution in [0.25, 0.3) is 0 Å². The zero-order valence-corrected chi connectivity index (χ0v) is 11.9. The van der Waals surface area contributed by atoms with E-state index in [9.17, 15) is 4.79 Å². The summed E-state index contributed by atoms with van der Waals surface area (Å²) in [6, 6.07) is 7.56. The normalized spacial score (nSPS) is 18.3. The van der Waals surface area contributed by atoms with Gasteiger partial charge in [0.25, 0.3) is 0 Å². The van der Waals surface area contributed by atoms with Crippen LogP contribution in [0.1, 0.15) is 32.1 Å². The van der Waals surface area contributed by atoms with Crippen molar-refractivity contribution in [1.29, 1.82) is 0 Å². The molecule has 1 unspecified atom stereocenters. The summed E-state index contributed by atoms with van der Waals surface area (Å²) in [5.41, 5.74) is 6.49. The maximum absolute atomic E-state index is 11.7. The largest absolute Gasteiger partial charge is 0.373 e. The number of nitrogens with two attached hydrogens (primary N) is 1. The van der Waals surface area contributed by atoms with E-state index in [-0.39, 0.29) is 11.9 Å². The maximum atomic E-state index is 11.7. The summed E-state index contributed by atoms with van der Waals surface area (Å²) < 4.78 is 0.965. The van der Waals surface area contributed by atoms with E-state index in [4.69, 9.17) is 5.73 Å². The molecule has 18 heavy (non-hydrogen) atoms. The molecule has 3 N–H and O–H groups in total. The fourth-order valence-corrected chi connectivity index (χ4v) is 3.03. The summed E-state index contributed by atoms with van der Waals surface area (Å²) in [5, 5.41) is 3.30. The quantitative estimate of drug-likeness (QED) is 0.896. The van der Waals surface area contributed by atoms with Gasteiger partial charge < -0.3 is 11.1 Å². The minimum absolute atomic E-state index is 0.252. The van der Waals surface area contributed by atoms with Crippen LogP contribution in [0.5, 0.6) is 0 Å². The second kappa shape index (κ2) is 6.23. The Hall–Kier alpha value is -1.03. The van der Waals surface area contributed by atoms with Crippen molar-refractivity contribution in [2.24, 2.45) is 11.7 Å². The Labute approximate surface area is 116 Å². The van der Waals surface area contributed by atoms with Crippen molar-refractivity contribution >= 4 is 27.5 Å². The van der Waals surface area contributed by atoms with Crippen LogP contribution in [0.2, 0.25) is 0 Å². The molecule has 3 nitrogen and oxygen atoms in total. The first-order valence-corrected chi connectivity index (χ1v) is 7.28. The standard InChI is InChI=1S/C14H19BrN2O/c15-11-8-4-5-9-12(11)17-13(14(16)18)10-6-2-1-3-7-10/h4-5,8-10,13,17H,1-3,6-7H2,(H2,16,18). The van der Waals surface area contributed by atoms with Crippen LogP contribution in [0.3, 0.4) is 0 Å². The summed E-state index contributed by atoms with van der Waals surface area (Å²) in [7, 11) is 0. The Kier molecular flexibility index (Phi) is 4.64.